The molecule has 0 radical (unpaired) electrons. The zero-order chi connectivity index (χ0) is 94.5. The maximum Gasteiger partial charge on any atom is 0.164 e. The number of anilines is 12. The molecule has 1 aliphatic rings. The highest BCUT2D eigenvalue weighted by Gasteiger charge is 2.25. The Morgan fingerprint density at radius 2 is 0.333 bits per heavy atom. The number of aromatic nitrogens is 4. The fourth-order valence-corrected chi connectivity index (χ4v) is 11.9. The number of fused-ring (bicyclic) bond motifs is 2. The third-order valence-corrected chi connectivity index (χ3v) is 16.9. The molecule has 18 rings (SSSR count). The van der Waals surface area contributed by atoms with E-state index in [-0.39, 0.29) is 0 Å². The molecule has 15 aromatic carbocycles. The number of pyridine rings is 1. The molecule has 3 heterocycles. The van der Waals surface area contributed by atoms with Crippen LogP contribution < -0.4 is 24.3 Å². The Bertz CT molecular complexity index is 4790. The number of hydrogen-bond donors (Lipinski definition) is 0. The van der Waals surface area contributed by atoms with Crippen LogP contribution in [0.25, 0.3) is 34.2 Å². The zero-order valence-corrected chi connectivity index (χ0v) is 81.0. The summed E-state index contributed by atoms with van der Waals surface area (Å²) in [5.41, 5.74) is 16.5. The molecule has 1 aliphatic heterocycles. The molecule has 0 amide bonds. The van der Waals surface area contributed by atoms with E-state index >= 15 is 0 Å². The van der Waals surface area contributed by atoms with Crippen LogP contribution in [0, 0.1) is 0 Å². The number of hydrogen-bond acceptors (Lipinski definition) is 9. The third-order valence-electron chi connectivity index (χ3n) is 16.9. The van der Waals surface area contributed by atoms with Crippen LogP contribution in [-0.2, 0) is 0 Å². The highest BCUT2D eigenvalue weighted by molar-refractivity contribution is 5.87. The lowest BCUT2D eigenvalue weighted by atomic mass is 10.1. The first kappa shape index (κ1) is 111. The van der Waals surface area contributed by atoms with Crippen molar-refractivity contribution < 1.29 is 4.74 Å². The SMILES string of the molecule is CC.CC.CC.CC.CC.CC.CC.CC.CC.CC.CC.c1ccc(-c2nc(-c3ccccc3)nc(-c3ccccc3)n2)cc1.c1ccc(N(c2ccccc2)c2ccc(N(c3ccccc3)c3ccccc3)cc2)cc1.c1ccc(N(c2ccccc2)c2ccccc2)cc1.c1ccc(N2c3ccccc3Oc3ccccc32)cc1.c1ccccc1.c1ccncc1. The highest BCUT2D eigenvalue weighted by Crippen LogP contribution is 2.50. The molecule has 0 saturated carbocycles. The first-order chi connectivity index (χ1) is 64.2. The third kappa shape index (κ3) is 37.7. The smallest absolute Gasteiger partial charge is 0.164 e. The van der Waals surface area contributed by atoms with Crippen LogP contribution in [0.1, 0.15) is 152 Å². The van der Waals surface area contributed by atoms with Crippen LogP contribution in [0.2, 0.25) is 0 Å². The summed E-state index contributed by atoms with van der Waals surface area (Å²) in [6, 6.07) is 156. The van der Waals surface area contributed by atoms with Gasteiger partial charge >= 0.3 is 0 Å². The second kappa shape index (κ2) is 72.7. The Morgan fingerprint density at radius 3 is 0.527 bits per heavy atom. The summed E-state index contributed by atoms with van der Waals surface area (Å²) in [6.07, 6.45) is 3.50. The van der Waals surface area contributed by atoms with Gasteiger partial charge in [-0.3, -0.25) is 4.98 Å². The molecule has 0 fully saturated rings. The molecule has 129 heavy (non-hydrogen) atoms. The van der Waals surface area contributed by atoms with Crippen molar-refractivity contribution in [3.8, 4) is 45.7 Å². The summed E-state index contributed by atoms with van der Waals surface area (Å²) in [7, 11) is 0. The minimum Gasteiger partial charge on any atom is -0.453 e. The van der Waals surface area contributed by atoms with E-state index in [9.17, 15) is 0 Å². The maximum atomic E-state index is 5.99. The van der Waals surface area contributed by atoms with Crippen molar-refractivity contribution in [2.75, 3.05) is 19.6 Å². The normalized spacial score (nSPS) is 9.21. The predicted octanol–water partition coefficient (Wildman–Crippen LogP) is 38.0. The molecular formula is C120H144N8O. The minimum atomic E-state index is 0.684. The molecule has 9 heteroatoms. The van der Waals surface area contributed by atoms with Gasteiger partial charge in [0.1, 0.15) is 0 Å². The molecule has 0 atom stereocenters. The molecule has 0 spiro atoms. The molecule has 0 bridgehead atoms. The minimum absolute atomic E-state index is 0.684. The van der Waals surface area contributed by atoms with Crippen LogP contribution in [0.15, 0.2) is 473 Å². The molecule has 9 nitrogen and oxygen atoms in total. The Labute approximate surface area is 778 Å². The van der Waals surface area contributed by atoms with Gasteiger partial charge in [0.05, 0.1) is 11.4 Å². The van der Waals surface area contributed by atoms with E-state index in [1.54, 1.807) is 12.4 Å². The van der Waals surface area contributed by atoms with E-state index in [1.165, 1.54) is 17.1 Å². The molecule has 0 aliphatic carbocycles. The Kier molecular flexibility index (Phi) is 62.3. The van der Waals surface area contributed by atoms with Gasteiger partial charge < -0.3 is 24.3 Å². The van der Waals surface area contributed by atoms with Crippen LogP contribution in [0.3, 0.4) is 0 Å². The van der Waals surface area contributed by atoms with E-state index in [1.807, 2.05) is 383 Å². The lowest BCUT2D eigenvalue weighted by molar-refractivity contribution is 0.477. The van der Waals surface area contributed by atoms with E-state index in [4.69, 9.17) is 4.74 Å². The van der Waals surface area contributed by atoms with E-state index in [0.29, 0.717) is 17.5 Å². The monoisotopic (exact) mass is 1710 g/mol. The largest absolute Gasteiger partial charge is 0.453 e. The Morgan fingerprint density at radius 1 is 0.171 bits per heavy atom. The Hall–Kier alpha value is -14.5. The standard InChI is InChI=1S/C30H24N2.C21H15N3.C18H13NO.C18H15N.C6H6.C5H5N.11C2H6/c1-5-13-25(14-6-1)31(26-15-7-2-8-16-26)29-21-23-30(24-22-29)32(27-17-9-3-10-18-27)28-19-11-4-12-20-28;1-4-10-16(11-5-1)19-22-20(17-12-6-2-7-13-17)24-21(23-19)18-14-8-3-9-15-18;1-2-8-14(9-3-1)19-15-10-4-6-12-17(15)20-18-13-7-5-11-16(18)19;1-4-10-16(11-5-1)19(17-12-6-2-7-13-17)18-14-8-3-9-15-18;2*1-2-4-6-5-3-1;11*1-2/h1-24H;1-15H;1-13H;1-15H;1-6H;1-5H;11*1-2H3. The van der Waals surface area contributed by atoms with Gasteiger partial charge in [-0.15, -0.1) is 0 Å². The topological polar surface area (TPSA) is 73.8 Å². The number of benzene rings is 15. The number of ether oxygens (including phenoxy) is 1. The van der Waals surface area contributed by atoms with Crippen molar-refractivity contribution in [2.45, 2.75) is 152 Å². The second-order valence-electron chi connectivity index (χ2n) is 24.2. The van der Waals surface area contributed by atoms with E-state index in [0.717, 1.165) is 79.4 Å². The van der Waals surface area contributed by atoms with Crippen molar-refractivity contribution in [3.63, 3.8) is 0 Å². The van der Waals surface area contributed by atoms with Crippen molar-refractivity contribution in [2.24, 2.45) is 0 Å². The average Bonchev–Trinajstić information content (AvgIpc) is 0.741. The predicted molar refractivity (Wildman–Crippen MR) is 570 cm³/mol. The van der Waals surface area contributed by atoms with Gasteiger partial charge in [0, 0.05) is 86.0 Å². The lowest BCUT2D eigenvalue weighted by Gasteiger charge is -2.32. The van der Waals surface area contributed by atoms with Gasteiger partial charge in [0.2, 0.25) is 0 Å². The summed E-state index contributed by atoms with van der Waals surface area (Å²) in [6.45, 7) is 44.0. The molecule has 17 aromatic rings. The van der Waals surface area contributed by atoms with Crippen LogP contribution in [0.4, 0.5) is 68.2 Å². The molecule has 0 unspecified atom stereocenters. The van der Waals surface area contributed by atoms with Crippen LogP contribution >= 0.6 is 0 Å². The van der Waals surface area contributed by atoms with Gasteiger partial charge in [-0.1, -0.05) is 456 Å². The number of nitrogens with zero attached hydrogens (tertiary/aromatic N) is 8. The zero-order valence-electron chi connectivity index (χ0n) is 81.0. The Balaban J connectivity index is 0.000000526. The second-order valence-corrected chi connectivity index (χ2v) is 24.2. The fourth-order valence-electron chi connectivity index (χ4n) is 11.9. The number of rotatable bonds is 13. The summed E-state index contributed by atoms with van der Waals surface area (Å²) in [4.78, 5) is 26.9. The van der Waals surface area contributed by atoms with Gasteiger partial charge in [-0.25, -0.2) is 15.0 Å². The maximum absolute atomic E-state index is 5.99. The molecular weight excluding hydrogens is 1570 g/mol. The number of para-hydroxylation sites is 12. The average molecular weight is 1710 g/mol. The lowest BCUT2D eigenvalue weighted by Crippen LogP contribution is -2.15. The van der Waals surface area contributed by atoms with Crippen molar-refractivity contribution in [3.05, 3.63) is 473 Å². The first-order valence-electron chi connectivity index (χ1n) is 46.5. The van der Waals surface area contributed by atoms with Gasteiger partial charge in [0.15, 0.2) is 29.0 Å². The quantitative estimate of drug-likeness (QED) is 0.112. The summed E-state index contributed by atoms with van der Waals surface area (Å²) in [5, 5.41) is 0. The van der Waals surface area contributed by atoms with Gasteiger partial charge in [-0.2, -0.15) is 0 Å². The molecule has 0 N–H and O–H groups in total. The van der Waals surface area contributed by atoms with Gasteiger partial charge in [0.25, 0.3) is 0 Å². The molecule has 2 aromatic heterocycles. The fraction of sp³-hybridized carbons (Fsp3) is 0.183. The van der Waals surface area contributed by atoms with Crippen LogP contribution in [-0.4, -0.2) is 19.9 Å². The molecule has 670 valence electrons. The first-order valence-corrected chi connectivity index (χ1v) is 46.5. The van der Waals surface area contributed by atoms with E-state index < -0.39 is 0 Å². The van der Waals surface area contributed by atoms with E-state index in [2.05, 4.69) is 270 Å². The van der Waals surface area contributed by atoms with Crippen molar-refractivity contribution in [1.82, 2.24) is 19.9 Å². The summed E-state index contributed by atoms with van der Waals surface area (Å²) in [5.74, 6) is 3.82. The van der Waals surface area contributed by atoms with Gasteiger partial charge in [-0.05, 0) is 158 Å². The van der Waals surface area contributed by atoms with Crippen molar-refractivity contribution >= 4 is 68.2 Å². The summed E-state index contributed by atoms with van der Waals surface area (Å²) >= 11 is 0. The highest BCUT2D eigenvalue weighted by atomic mass is 16.5. The van der Waals surface area contributed by atoms with Crippen LogP contribution in [0.5, 0.6) is 11.5 Å². The van der Waals surface area contributed by atoms with Crippen molar-refractivity contribution in [1.29, 1.82) is 0 Å². The summed E-state index contributed by atoms with van der Waals surface area (Å²) < 4.78 is 5.99. The molecule has 0 saturated heterocycles.